The molecule has 1 aliphatic heterocycles. The third kappa shape index (κ3) is 4.10. The highest BCUT2D eigenvalue weighted by molar-refractivity contribution is 6.30. The molecule has 3 aromatic rings. The number of carbonyl (C=O) groups is 1. The molecular weight excluding hydrogens is 403 g/mol. The average Bonchev–Trinajstić information content (AvgIpc) is 3.07. The van der Waals surface area contributed by atoms with Gasteiger partial charge in [-0.15, -0.1) is 0 Å². The van der Waals surface area contributed by atoms with Crippen LogP contribution in [0.3, 0.4) is 0 Å². The van der Waals surface area contributed by atoms with Gasteiger partial charge in [-0.3, -0.25) is 4.79 Å². The lowest BCUT2D eigenvalue weighted by Gasteiger charge is -2.32. The number of imidazole rings is 1. The molecule has 0 bridgehead atoms. The molecule has 1 amide bonds. The van der Waals surface area contributed by atoms with E-state index >= 15 is 0 Å². The zero-order valence-corrected chi connectivity index (χ0v) is 16.2. The second kappa shape index (κ2) is 7.71. The molecule has 1 saturated heterocycles. The Hall–Kier alpha value is -2.54. The number of piperidine rings is 1. The maximum Gasteiger partial charge on any atom is 0.449 e. The van der Waals surface area contributed by atoms with E-state index in [1.807, 2.05) is 0 Å². The molecule has 0 atom stereocenters. The molecule has 1 fully saturated rings. The van der Waals surface area contributed by atoms with E-state index in [4.69, 9.17) is 11.6 Å². The average molecular weight is 422 g/mol. The topological polar surface area (TPSA) is 38.1 Å². The summed E-state index contributed by atoms with van der Waals surface area (Å²) in [6.45, 7) is 1.24. The minimum absolute atomic E-state index is 0.0390. The molecule has 2 heterocycles. The first-order chi connectivity index (χ1) is 13.8. The van der Waals surface area contributed by atoms with Gasteiger partial charge in [0.05, 0.1) is 11.0 Å². The molecule has 0 radical (unpaired) electrons. The van der Waals surface area contributed by atoms with Gasteiger partial charge < -0.3 is 9.47 Å². The third-order valence-electron chi connectivity index (χ3n) is 5.32. The number of halogens is 4. The van der Waals surface area contributed by atoms with Crippen molar-refractivity contribution in [2.75, 3.05) is 13.1 Å². The van der Waals surface area contributed by atoms with Crippen LogP contribution in [0.1, 0.15) is 29.0 Å². The Bertz CT molecular complexity index is 1040. The van der Waals surface area contributed by atoms with Gasteiger partial charge in [-0.2, -0.15) is 13.2 Å². The first-order valence-electron chi connectivity index (χ1n) is 9.40. The largest absolute Gasteiger partial charge is 0.449 e. The Labute approximate surface area is 170 Å². The van der Waals surface area contributed by atoms with Gasteiger partial charge in [0.2, 0.25) is 5.82 Å². The number of para-hydroxylation sites is 2. The standard InChI is InChI=1S/C21H19ClF3N3O/c22-16-5-3-4-15(12-16)19(29)27-10-8-14(9-11-27)13-28-18-7-2-1-6-17(18)26-20(28)21(23,24)25/h1-7,12,14H,8-11,13H2. The Morgan fingerprint density at radius 3 is 2.52 bits per heavy atom. The number of amides is 1. The summed E-state index contributed by atoms with van der Waals surface area (Å²) in [4.78, 5) is 18.2. The van der Waals surface area contributed by atoms with Crippen LogP contribution >= 0.6 is 11.6 Å². The molecule has 0 unspecified atom stereocenters. The van der Waals surface area contributed by atoms with Crippen molar-refractivity contribution in [3.63, 3.8) is 0 Å². The van der Waals surface area contributed by atoms with Gasteiger partial charge >= 0.3 is 6.18 Å². The van der Waals surface area contributed by atoms with E-state index in [0.29, 0.717) is 47.6 Å². The van der Waals surface area contributed by atoms with Crippen molar-refractivity contribution in [2.24, 2.45) is 5.92 Å². The lowest BCUT2D eigenvalue weighted by molar-refractivity contribution is -0.147. The number of likely N-dealkylation sites (tertiary alicyclic amines) is 1. The number of carbonyl (C=O) groups excluding carboxylic acids is 1. The van der Waals surface area contributed by atoms with Crippen LogP contribution in [0.15, 0.2) is 48.5 Å². The van der Waals surface area contributed by atoms with E-state index in [2.05, 4.69) is 4.98 Å². The van der Waals surface area contributed by atoms with E-state index in [1.54, 1.807) is 53.4 Å². The minimum Gasteiger partial charge on any atom is -0.339 e. The fourth-order valence-corrected chi connectivity index (χ4v) is 4.05. The summed E-state index contributed by atoms with van der Waals surface area (Å²) in [7, 11) is 0. The first kappa shape index (κ1) is 19.8. The van der Waals surface area contributed by atoms with Crippen molar-refractivity contribution in [1.82, 2.24) is 14.5 Å². The van der Waals surface area contributed by atoms with Crippen LogP contribution in [0.4, 0.5) is 13.2 Å². The van der Waals surface area contributed by atoms with Gasteiger partial charge in [-0.25, -0.2) is 4.98 Å². The second-order valence-corrected chi connectivity index (χ2v) is 7.71. The SMILES string of the molecule is O=C(c1cccc(Cl)c1)N1CCC(Cn2c(C(F)(F)F)nc3ccccc32)CC1. The number of benzene rings is 2. The van der Waals surface area contributed by atoms with E-state index < -0.39 is 12.0 Å². The Morgan fingerprint density at radius 1 is 1.10 bits per heavy atom. The highest BCUT2D eigenvalue weighted by Crippen LogP contribution is 2.33. The van der Waals surface area contributed by atoms with Crippen LogP contribution in [-0.4, -0.2) is 33.4 Å². The molecule has 8 heteroatoms. The highest BCUT2D eigenvalue weighted by Gasteiger charge is 2.38. The summed E-state index contributed by atoms with van der Waals surface area (Å²) < 4.78 is 41.7. The second-order valence-electron chi connectivity index (χ2n) is 7.28. The molecule has 29 heavy (non-hydrogen) atoms. The predicted molar refractivity (Wildman–Crippen MR) is 105 cm³/mol. The molecule has 1 aliphatic rings. The molecule has 0 N–H and O–H groups in total. The van der Waals surface area contributed by atoms with E-state index in [1.165, 1.54) is 4.57 Å². The number of alkyl halides is 3. The zero-order valence-electron chi connectivity index (χ0n) is 15.5. The lowest BCUT2D eigenvalue weighted by Crippen LogP contribution is -2.39. The Balaban J connectivity index is 1.48. The van der Waals surface area contributed by atoms with Crippen LogP contribution in [-0.2, 0) is 12.7 Å². The fraction of sp³-hybridized carbons (Fsp3) is 0.333. The van der Waals surface area contributed by atoms with E-state index in [9.17, 15) is 18.0 Å². The summed E-state index contributed by atoms with van der Waals surface area (Å²) in [5, 5.41) is 0.498. The molecule has 152 valence electrons. The molecule has 1 aromatic heterocycles. The van der Waals surface area contributed by atoms with Crippen molar-refractivity contribution >= 4 is 28.5 Å². The van der Waals surface area contributed by atoms with Crippen molar-refractivity contribution in [3.8, 4) is 0 Å². The molecule has 4 rings (SSSR count). The van der Waals surface area contributed by atoms with Crippen molar-refractivity contribution in [3.05, 3.63) is 64.9 Å². The predicted octanol–water partition coefficient (Wildman–Crippen LogP) is 5.26. The number of rotatable bonds is 3. The molecule has 0 spiro atoms. The number of nitrogens with zero attached hydrogens (tertiary/aromatic N) is 3. The van der Waals surface area contributed by atoms with Gasteiger partial charge in [0.15, 0.2) is 0 Å². The maximum absolute atomic E-state index is 13.5. The maximum atomic E-state index is 13.5. The fourth-order valence-electron chi connectivity index (χ4n) is 3.86. The summed E-state index contributed by atoms with van der Waals surface area (Å²) in [5.74, 6) is -0.928. The smallest absolute Gasteiger partial charge is 0.339 e. The molecular formula is C21H19ClF3N3O. The van der Waals surface area contributed by atoms with Crippen LogP contribution in [0, 0.1) is 5.92 Å². The van der Waals surface area contributed by atoms with Gasteiger partial charge in [-0.05, 0) is 49.1 Å². The molecule has 0 aliphatic carbocycles. The Morgan fingerprint density at radius 2 is 1.83 bits per heavy atom. The normalized spacial score (nSPS) is 15.8. The van der Waals surface area contributed by atoms with E-state index in [0.717, 1.165) is 0 Å². The van der Waals surface area contributed by atoms with Gasteiger partial charge in [0.1, 0.15) is 0 Å². The quantitative estimate of drug-likeness (QED) is 0.578. The molecule has 2 aromatic carbocycles. The summed E-state index contributed by atoms with van der Waals surface area (Å²) in [6, 6.07) is 13.4. The zero-order chi connectivity index (χ0) is 20.6. The third-order valence-corrected chi connectivity index (χ3v) is 5.56. The van der Waals surface area contributed by atoms with Gasteiger partial charge in [0.25, 0.3) is 5.91 Å². The Kier molecular flexibility index (Phi) is 5.25. The van der Waals surface area contributed by atoms with Crippen LogP contribution in [0.5, 0.6) is 0 Å². The first-order valence-corrected chi connectivity index (χ1v) is 9.78. The van der Waals surface area contributed by atoms with Crippen molar-refractivity contribution in [1.29, 1.82) is 0 Å². The van der Waals surface area contributed by atoms with Crippen molar-refractivity contribution < 1.29 is 18.0 Å². The van der Waals surface area contributed by atoms with Crippen LogP contribution < -0.4 is 0 Å². The van der Waals surface area contributed by atoms with Crippen LogP contribution in [0.25, 0.3) is 11.0 Å². The molecule has 4 nitrogen and oxygen atoms in total. The van der Waals surface area contributed by atoms with Gasteiger partial charge in [0, 0.05) is 30.2 Å². The highest BCUT2D eigenvalue weighted by atomic mass is 35.5. The lowest BCUT2D eigenvalue weighted by atomic mass is 9.96. The van der Waals surface area contributed by atoms with Crippen LogP contribution in [0.2, 0.25) is 5.02 Å². The summed E-state index contributed by atoms with van der Waals surface area (Å²) in [6.07, 6.45) is -3.24. The number of fused-ring (bicyclic) bond motifs is 1. The molecule has 0 saturated carbocycles. The van der Waals surface area contributed by atoms with Crippen molar-refractivity contribution in [2.45, 2.75) is 25.6 Å². The summed E-state index contributed by atoms with van der Waals surface area (Å²) >= 11 is 5.96. The van der Waals surface area contributed by atoms with E-state index in [-0.39, 0.29) is 18.4 Å². The number of hydrogen-bond acceptors (Lipinski definition) is 2. The minimum atomic E-state index is -4.51. The summed E-state index contributed by atoms with van der Waals surface area (Å²) in [5.41, 5.74) is 1.35. The number of aromatic nitrogens is 2. The van der Waals surface area contributed by atoms with Gasteiger partial charge in [-0.1, -0.05) is 29.8 Å². The monoisotopic (exact) mass is 421 g/mol. The number of hydrogen-bond donors (Lipinski definition) is 0.